The van der Waals surface area contributed by atoms with Gasteiger partial charge in [0, 0.05) is 31.5 Å². The number of nitrogens with zero attached hydrogens (tertiary/aromatic N) is 1. The molecule has 2 aromatic carbocycles. The van der Waals surface area contributed by atoms with Crippen molar-refractivity contribution in [3.8, 4) is 17.2 Å². The predicted molar refractivity (Wildman–Crippen MR) is 127 cm³/mol. The van der Waals surface area contributed by atoms with Gasteiger partial charge >= 0.3 is 0 Å². The molecule has 0 aromatic heterocycles. The summed E-state index contributed by atoms with van der Waals surface area (Å²) < 4.78 is 35.8. The summed E-state index contributed by atoms with van der Waals surface area (Å²) in [5.74, 6) is 1.89. The van der Waals surface area contributed by atoms with Gasteiger partial charge in [0.2, 0.25) is 10.0 Å². The minimum atomic E-state index is -3.19. The van der Waals surface area contributed by atoms with Crippen molar-refractivity contribution in [2.45, 2.75) is 32.6 Å². The third-order valence-corrected chi connectivity index (χ3v) is 7.42. The summed E-state index contributed by atoms with van der Waals surface area (Å²) in [6.45, 7) is 4.88. The lowest BCUT2D eigenvalue weighted by Crippen LogP contribution is -2.50. The smallest absolute Gasteiger partial charge is 0.211 e. The fraction of sp³-hybridized carbons (Fsp3) is 0.435. The van der Waals surface area contributed by atoms with Crippen LogP contribution in [0.15, 0.2) is 30.3 Å². The Kier molecular flexibility index (Phi) is 7.76. The van der Waals surface area contributed by atoms with Gasteiger partial charge in [-0.15, -0.1) is 0 Å². The molecule has 1 aliphatic rings. The predicted octanol–water partition coefficient (Wildman–Crippen LogP) is 5.31. The van der Waals surface area contributed by atoms with E-state index >= 15 is 0 Å². The van der Waals surface area contributed by atoms with Crippen molar-refractivity contribution in [2.75, 3.05) is 26.5 Å². The molecule has 2 aromatic rings. The van der Waals surface area contributed by atoms with E-state index in [2.05, 4.69) is 13.8 Å². The molecule has 0 N–H and O–H groups in total. The van der Waals surface area contributed by atoms with E-state index in [-0.39, 0.29) is 24.0 Å². The quantitative estimate of drug-likeness (QED) is 0.467. The standard InChI is InChI=1S/C23H27Cl2NO5S/c1-14(2)19-11-18(6-8-21(19)30-3)31-23-20(24)7-5-16(22(23)25)10-17(27)9-15-12-26(13-15)32(4,28)29/h5-8,11,14-15H,9-10,12-13H2,1-4H3. The van der Waals surface area contributed by atoms with E-state index in [1.807, 2.05) is 12.1 Å². The largest absolute Gasteiger partial charge is 0.496 e. The van der Waals surface area contributed by atoms with Gasteiger partial charge in [0.15, 0.2) is 5.75 Å². The van der Waals surface area contributed by atoms with Crippen LogP contribution in [0.5, 0.6) is 17.2 Å². The number of rotatable bonds is 9. The molecule has 0 aliphatic carbocycles. The van der Waals surface area contributed by atoms with Gasteiger partial charge in [0.05, 0.1) is 23.4 Å². The molecule has 3 rings (SSSR count). The maximum absolute atomic E-state index is 12.6. The highest BCUT2D eigenvalue weighted by molar-refractivity contribution is 7.88. The van der Waals surface area contributed by atoms with Crippen molar-refractivity contribution >= 4 is 39.0 Å². The van der Waals surface area contributed by atoms with Crippen LogP contribution in [0, 0.1) is 5.92 Å². The fourth-order valence-electron chi connectivity index (χ4n) is 3.68. The van der Waals surface area contributed by atoms with Crippen LogP contribution >= 0.6 is 23.2 Å². The van der Waals surface area contributed by atoms with Crippen LogP contribution in [0.25, 0.3) is 0 Å². The van der Waals surface area contributed by atoms with Crippen LogP contribution in [0.2, 0.25) is 10.0 Å². The SMILES string of the molecule is COc1ccc(Oc2c(Cl)ccc(CC(=O)CC3CN(S(C)(=O)=O)C3)c2Cl)cc1C(C)C. The summed E-state index contributed by atoms with van der Waals surface area (Å²) in [6, 6.07) is 8.87. The lowest BCUT2D eigenvalue weighted by Gasteiger charge is -2.36. The molecule has 0 radical (unpaired) electrons. The second kappa shape index (κ2) is 10.00. The average molecular weight is 500 g/mol. The molecule has 0 bridgehead atoms. The van der Waals surface area contributed by atoms with Crippen molar-refractivity contribution in [2.24, 2.45) is 5.92 Å². The fourth-order valence-corrected chi connectivity index (χ4v) is 5.16. The van der Waals surface area contributed by atoms with Crippen molar-refractivity contribution in [1.29, 1.82) is 0 Å². The highest BCUT2D eigenvalue weighted by Gasteiger charge is 2.34. The highest BCUT2D eigenvalue weighted by Crippen LogP contribution is 2.40. The zero-order valence-electron chi connectivity index (χ0n) is 18.5. The molecular formula is C23H27Cl2NO5S. The zero-order valence-corrected chi connectivity index (χ0v) is 20.9. The van der Waals surface area contributed by atoms with Crippen LogP contribution in [-0.4, -0.2) is 45.0 Å². The van der Waals surface area contributed by atoms with Crippen LogP contribution in [-0.2, 0) is 21.2 Å². The minimum absolute atomic E-state index is 0.00938. The third kappa shape index (κ3) is 5.76. The summed E-state index contributed by atoms with van der Waals surface area (Å²) >= 11 is 12.9. The van der Waals surface area contributed by atoms with Crippen LogP contribution in [0.3, 0.4) is 0 Å². The van der Waals surface area contributed by atoms with Crippen LogP contribution in [0.1, 0.15) is 37.3 Å². The average Bonchev–Trinajstić information content (AvgIpc) is 2.68. The molecule has 1 heterocycles. The van der Waals surface area contributed by atoms with Gasteiger partial charge in [-0.3, -0.25) is 4.79 Å². The van der Waals surface area contributed by atoms with Crippen molar-refractivity contribution in [1.82, 2.24) is 4.31 Å². The molecule has 32 heavy (non-hydrogen) atoms. The lowest BCUT2D eigenvalue weighted by atomic mass is 9.94. The van der Waals surface area contributed by atoms with Gasteiger partial charge in [-0.25, -0.2) is 12.7 Å². The first-order chi connectivity index (χ1) is 15.0. The number of hydrogen-bond acceptors (Lipinski definition) is 5. The number of sulfonamides is 1. The van der Waals surface area contributed by atoms with E-state index in [0.29, 0.717) is 46.6 Å². The Balaban J connectivity index is 1.72. The Bertz CT molecular complexity index is 1110. The summed E-state index contributed by atoms with van der Waals surface area (Å²) in [6.07, 6.45) is 1.60. The van der Waals surface area contributed by atoms with E-state index in [9.17, 15) is 13.2 Å². The number of ketones is 1. The van der Waals surface area contributed by atoms with E-state index in [0.717, 1.165) is 11.3 Å². The van der Waals surface area contributed by atoms with Gasteiger partial charge in [0.25, 0.3) is 0 Å². The summed E-state index contributed by atoms with van der Waals surface area (Å²) in [4.78, 5) is 12.6. The van der Waals surface area contributed by atoms with E-state index in [1.165, 1.54) is 10.6 Å². The second-order valence-electron chi connectivity index (χ2n) is 8.38. The van der Waals surface area contributed by atoms with Gasteiger partial charge in [0.1, 0.15) is 17.3 Å². The number of ether oxygens (including phenoxy) is 2. The van der Waals surface area contributed by atoms with Gasteiger partial charge < -0.3 is 9.47 Å². The molecule has 1 saturated heterocycles. The maximum atomic E-state index is 12.6. The Morgan fingerprint density at radius 2 is 1.88 bits per heavy atom. The number of hydrogen-bond donors (Lipinski definition) is 0. The maximum Gasteiger partial charge on any atom is 0.211 e. The molecule has 174 valence electrons. The molecule has 1 fully saturated rings. The van der Waals surface area contributed by atoms with Gasteiger partial charge in [-0.1, -0.05) is 43.1 Å². The zero-order chi connectivity index (χ0) is 23.6. The Hall–Kier alpha value is -1.80. The monoisotopic (exact) mass is 499 g/mol. The normalized spacial score (nSPS) is 15.0. The molecule has 0 saturated carbocycles. The first-order valence-electron chi connectivity index (χ1n) is 10.3. The molecule has 6 nitrogen and oxygen atoms in total. The Labute approximate surface area is 199 Å². The first kappa shape index (κ1) is 24.8. The topological polar surface area (TPSA) is 72.9 Å². The number of carbonyl (C=O) groups excluding carboxylic acids is 1. The van der Waals surface area contributed by atoms with E-state index in [4.69, 9.17) is 32.7 Å². The molecule has 1 aliphatic heterocycles. The number of benzene rings is 2. The molecular weight excluding hydrogens is 473 g/mol. The number of methoxy groups -OCH3 is 1. The summed E-state index contributed by atoms with van der Waals surface area (Å²) in [7, 11) is -1.57. The minimum Gasteiger partial charge on any atom is -0.496 e. The van der Waals surface area contributed by atoms with Crippen molar-refractivity contribution in [3.63, 3.8) is 0 Å². The molecule has 0 unspecified atom stereocenters. The third-order valence-electron chi connectivity index (χ3n) is 5.47. The summed E-state index contributed by atoms with van der Waals surface area (Å²) in [5.41, 5.74) is 1.61. The van der Waals surface area contributed by atoms with E-state index < -0.39 is 10.0 Å². The van der Waals surface area contributed by atoms with Crippen LogP contribution in [0.4, 0.5) is 0 Å². The molecule has 0 atom stereocenters. The number of Topliss-reactive ketones (excluding diaryl/α,β-unsaturated/α-hetero) is 1. The first-order valence-corrected chi connectivity index (χ1v) is 12.9. The van der Waals surface area contributed by atoms with Gasteiger partial charge in [-0.05, 0) is 41.7 Å². The molecule has 0 spiro atoms. The van der Waals surface area contributed by atoms with Crippen molar-refractivity contribution < 1.29 is 22.7 Å². The lowest BCUT2D eigenvalue weighted by molar-refractivity contribution is -0.120. The van der Waals surface area contributed by atoms with E-state index in [1.54, 1.807) is 25.3 Å². The summed E-state index contributed by atoms with van der Waals surface area (Å²) in [5, 5.41) is 0.634. The highest BCUT2D eigenvalue weighted by atomic mass is 35.5. The number of carbonyl (C=O) groups is 1. The Morgan fingerprint density at radius 1 is 1.19 bits per heavy atom. The Morgan fingerprint density at radius 3 is 2.47 bits per heavy atom. The van der Waals surface area contributed by atoms with Crippen molar-refractivity contribution in [3.05, 3.63) is 51.5 Å². The second-order valence-corrected chi connectivity index (χ2v) is 11.1. The van der Waals surface area contributed by atoms with Crippen LogP contribution < -0.4 is 9.47 Å². The number of halogens is 2. The molecule has 0 amide bonds. The van der Waals surface area contributed by atoms with Gasteiger partial charge in [-0.2, -0.15) is 0 Å². The molecule has 9 heteroatoms.